The first kappa shape index (κ1) is 22.6. The molecule has 5 heteroatoms. The Kier molecular flexibility index (Phi) is 5.62. The van der Waals surface area contributed by atoms with E-state index in [1.54, 1.807) is 24.3 Å². The molecule has 0 bridgehead atoms. The highest BCUT2D eigenvalue weighted by Gasteiger charge is 2.47. The van der Waals surface area contributed by atoms with Crippen LogP contribution in [0.4, 0.5) is 5.69 Å². The van der Waals surface area contributed by atoms with E-state index in [1.807, 2.05) is 60.7 Å². The van der Waals surface area contributed by atoms with Crippen LogP contribution in [0.3, 0.4) is 0 Å². The number of anilines is 1. The van der Waals surface area contributed by atoms with Gasteiger partial charge >= 0.3 is 0 Å². The lowest BCUT2D eigenvalue weighted by Crippen LogP contribution is -2.29. The van der Waals surface area contributed by atoms with Crippen LogP contribution in [0.1, 0.15) is 41.1 Å². The topological polar surface area (TPSA) is 57.6 Å². The highest BCUT2D eigenvalue weighted by molar-refractivity contribution is 6.52. The van der Waals surface area contributed by atoms with Crippen LogP contribution in [0.25, 0.3) is 16.5 Å². The second kappa shape index (κ2) is 8.96. The zero-order valence-corrected chi connectivity index (χ0v) is 20.3. The molecule has 4 aromatic carbocycles. The summed E-state index contributed by atoms with van der Waals surface area (Å²) in [4.78, 5) is 28.5. The molecule has 4 aromatic rings. The quantitative estimate of drug-likeness (QED) is 0.190. The van der Waals surface area contributed by atoms with Crippen molar-refractivity contribution >= 4 is 45.5 Å². The van der Waals surface area contributed by atoms with Gasteiger partial charge in [0.25, 0.3) is 11.7 Å². The van der Waals surface area contributed by atoms with Crippen molar-refractivity contribution in [3.05, 3.63) is 118 Å². The van der Waals surface area contributed by atoms with Crippen LogP contribution in [0.2, 0.25) is 5.02 Å². The third-order valence-corrected chi connectivity index (χ3v) is 7.54. The number of carbonyl (C=O) groups is 2. The molecule has 178 valence electrons. The standard InChI is InChI=1S/C31H24ClNO3/c32-23-14-16-24(17-15-23)33-28(26-11-5-9-20-7-3-4-10-25(20)26)27(30(35)31(33)36)29(34)22-13-12-19-6-1-2-8-21(19)18-22/h3-5,7,9-18,28,34H,1-2,6,8H2/b29-27-. The van der Waals surface area contributed by atoms with E-state index < -0.39 is 17.7 Å². The number of ketones is 1. The maximum absolute atomic E-state index is 13.5. The summed E-state index contributed by atoms with van der Waals surface area (Å²) in [6.07, 6.45) is 4.23. The molecule has 4 nitrogen and oxygen atoms in total. The highest BCUT2D eigenvalue weighted by Crippen LogP contribution is 2.44. The van der Waals surface area contributed by atoms with Gasteiger partial charge in [0, 0.05) is 16.3 Å². The maximum atomic E-state index is 13.5. The lowest BCUT2D eigenvalue weighted by Gasteiger charge is -2.26. The van der Waals surface area contributed by atoms with Gasteiger partial charge < -0.3 is 5.11 Å². The van der Waals surface area contributed by atoms with Crippen LogP contribution in [0, 0.1) is 0 Å². The molecule has 0 spiro atoms. The van der Waals surface area contributed by atoms with Gasteiger partial charge in [-0.15, -0.1) is 0 Å². The molecule has 6 rings (SSSR count). The predicted molar refractivity (Wildman–Crippen MR) is 143 cm³/mol. The molecule has 2 aliphatic rings. The Balaban J connectivity index is 1.59. The summed E-state index contributed by atoms with van der Waals surface area (Å²) in [6, 6.07) is 25.6. The number of benzene rings is 4. The van der Waals surface area contributed by atoms with Crippen LogP contribution in [-0.4, -0.2) is 16.8 Å². The van der Waals surface area contributed by atoms with E-state index in [0.29, 0.717) is 16.3 Å². The number of amides is 1. The molecule has 1 atom stereocenters. The molecule has 0 radical (unpaired) electrons. The fourth-order valence-electron chi connectivity index (χ4n) is 5.52. The van der Waals surface area contributed by atoms with Crippen molar-refractivity contribution in [3.8, 4) is 0 Å². The summed E-state index contributed by atoms with van der Waals surface area (Å²) < 4.78 is 0. The molecule has 1 amide bonds. The van der Waals surface area contributed by atoms with Gasteiger partial charge in [-0.1, -0.05) is 66.2 Å². The van der Waals surface area contributed by atoms with Crippen LogP contribution in [0.5, 0.6) is 0 Å². The van der Waals surface area contributed by atoms with Gasteiger partial charge in [0.15, 0.2) is 0 Å². The van der Waals surface area contributed by atoms with Gasteiger partial charge in [-0.05, 0) is 83.5 Å². The first-order valence-electron chi connectivity index (χ1n) is 12.2. The second-order valence-electron chi connectivity index (χ2n) is 9.40. The van der Waals surface area contributed by atoms with Crippen molar-refractivity contribution in [2.45, 2.75) is 31.7 Å². The molecule has 1 fully saturated rings. The third-order valence-electron chi connectivity index (χ3n) is 7.29. The average molecular weight is 494 g/mol. The van der Waals surface area contributed by atoms with E-state index in [-0.39, 0.29) is 11.3 Å². The number of aliphatic hydroxyl groups is 1. The average Bonchev–Trinajstić information content (AvgIpc) is 3.18. The van der Waals surface area contributed by atoms with E-state index in [1.165, 1.54) is 16.0 Å². The summed E-state index contributed by atoms with van der Waals surface area (Å²) in [5.74, 6) is -1.51. The molecule has 36 heavy (non-hydrogen) atoms. The number of halogens is 1. The number of fused-ring (bicyclic) bond motifs is 2. The number of rotatable bonds is 3. The van der Waals surface area contributed by atoms with Gasteiger partial charge in [-0.25, -0.2) is 0 Å². The van der Waals surface area contributed by atoms with Crippen molar-refractivity contribution in [2.24, 2.45) is 0 Å². The van der Waals surface area contributed by atoms with Crippen molar-refractivity contribution in [2.75, 3.05) is 4.90 Å². The molecule has 1 saturated heterocycles. The third kappa shape index (κ3) is 3.69. The van der Waals surface area contributed by atoms with Crippen molar-refractivity contribution < 1.29 is 14.7 Å². The minimum Gasteiger partial charge on any atom is -0.507 e. The Morgan fingerprint density at radius 2 is 1.56 bits per heavy atom. The Labute approximate surface area is 214 Å². The zero-order valence-electron chi connectivity index (χ0n) is 19.6. The van der Waals surface area contributed by atoms with E-state index >= 15 is 0 Å². The van der Waals surface area contributed by atoms with E-state index in [4.69, 9.17) is 11.6 Å². The Morgan fingerprint density at radius 3 is 2.36 bits per heavy atom. The molecule has 1 aliphatic carbocycles. The molecule has 1 unspecified atom stereocenters. The predicted octanol–water partition coefficient (Wildman–Crippen LogP) is 7.00. The number of aryl methyl sites for hydroxylation is 2. The number of hydrogen-bond acceptors (Lipinski definition) is 3. The van der Waals surface area contributed by atoms with Gasteiger partial charge in [-0.2, -0.15) is 0 Å². The number of hydrogen-bond donors (Lipinski definition) is 1. The largest absolute Gasteiger partial charge is 0.507 e. The van der Waals surface area contributed by atoms with Gasteiger partial charge in [0.2, 0.25) is 0 Å². The lowest BCUT2D eigenvalue weighted by atomic mass is 9.88. The summed E-state index contributed by atoms with van der Waals surface area (Å²) >= 11 is 6.11. The highest BCUT2D eigenvalue weighted by atomic mass is 35.5. The van der Waals surface area contributed by atoms with E-state index in [0.717, 1.165) is 42.0 Å². The molecule has 1 N–H and O–H groups in total. The van der Waals surface area contributed by atoms with Gasteiger partial charge in [0.1, 0.15) is 5.76 Å². The molecule has 0 saturated carbocycles. The minimum atomic E-state index is -0.784. The summed E-state index contributed by atoms with van der Waals surface area (Å²) in [5.41, 5.74) is 4.46. The van der Waals surface area contributed by atoms with Crippen molar-refractivity contribution in [1.82, 2.24) is 0 Å². The maximum Gasteiger partial charge on any atom is 0.300 e. The minimum absolute atomic E-state index is 0.0991. The fraction of sp³-hybridized carbons (Fsp3) is 0.161. The SMILES string of the molecule is O=C1C(=O)N(c2ccc(Cl)cc2)C(c2cccc3ccccc23)/C1=C(/O)c1ccc2c(c1)CCCC2. The molecule has 1 aliphatic heterocycles. The number of nitrogens with zero attached hydrogens (tertiary/aromatic N) is 1. The Hall–Kier alpha value is -3.89. The van der Waals surface area contributed by atoms with Crippen molar-refractivity contribution in [3.63, 3.8) is 0 Å². The Morgan fingerprint density at radius 1 is 0.833 bits per heavy atom. The monoisotopic (exact) mass is 493 g/mol. The van der Waals surface area contributed by atoms with Crippen LogP contribution in [-0.2, 0) is 22.4 Å². The lowest BCUT2D eigenvalue weighted by molar-refractivity contribution is -0.132. The van der Waals surface area contributed by atoms with Gasteiger partial charge in [-0.3, -0.25) is 14.5 Å². The Bertz CT molecular complexity index is 1550. The smallest absolute Gasteiger partial charge is 0.300 e. The normalized spacial score (nSPS) is 19.0. The van der Waals surface area contributed by atoms with Gasteiger partial charge in [0.05, 0.1) is 11.6 Å². The number of Topliss-reactive ketones (excluding diaryl/α,β-unsaturated/α-hetero) is 1. The molecular formula is C31H24ClNO3. The second-order valence-corrected chi connectivity index (χ2v) is 9.84. The van der Waals surface area contributed by atoms with Crippen LogP contribution in [0.15, 0.2) is 90.5 Å². The number of aliphatic hydroxyl groups excluding tert-OH is 1. The molecular weight excluding hydrogens is 470 g/mol. The van der Waals surface area contributed by atoms with Crippen LogP contribution < -0.4 is 4.90 Å². The van der Waals surface area contributed by atoms with Crippen molar-refractivity contribution in [1.29, 1.82) is 0 Å². The zero-order chi connectivity index (χ0) is 24.8. The first-order valence-corrected chi connectivity index (χ1v) is 12.6. The summed E-state index contributed by atoms with van der Waals surface area (Å²) in [7, 11) is 0. The molecule has 0 aromatic heterocycles. The molecule has 1 heterocycles. The first-order chi connectivity index (χ1) is 17.5. The number of carbonyl (C=O) groups excluding carboxylic acids is 2. The van der Waals surface area contributed by atoms with E-state index in [9.17, 15) is 14.7 Å². The summed E-state index contributed by atoms with van der Waals surface area (Å²) in [6.45, 7) is 0. The fourth-order valence-corrected chi connectivity index (χ4v) is 5.65. The van der Waals surface area contributed by atoms with Crippen LogP contribution >= 0.6 is 11.6 Å². The summed E-state index contributed by atoms with van der Waals surface area (Å²) in [5, 5.41) is 14.0. The van der Waals surface area contributed by atoms with E-state index in [2.05, 4.69) is 0 Å².